The van der Waals surface area contributed by atoms with Crippen molar-refractivity contribution in [2.75, 3.05) is 31.6 Å². The Morgan fingerprint density at radius 2 is 1.72 bits per heavy atom. The first-order chi connectivity index (χ1) is 13.9. The molecule has 1 saturated heterocycles. The first kappa shape index (κ1) is 19.3. The van der Waals surface area contributed by atoms with Crippen molar-refractivity contribution in [2.24, 2.45) is 0 Å². The molecular formula is C20H19N3O5S. The van der Waals surface area contributed by atoms with Gasteiger partial charge in [-0.25, -0.2) is 8.42 Å². The fraction of sp³-hybridized carbons (Fsp3) is 0.200. The Balaban J connectivity index is 1.57. The van der Waals surface area contributed by atoms with Crippen LogP contribution in [0, 0.1) is 0 Å². The molecular weight excluding hydrogens is 394 g/mol. The zero-order valence-corrected chi connectivity index (χ0v) is 16.2. The Morgan fingerprint density at radius 3 is 2.45 bits per heavy atom. The summed E-state index contributed by atoms with van der Waals surface area (Å²) >= 11 is 0. The van der Waals surface area contributed by atoms with Crippen molar-refractivity contribution < 1.29 is 17.9 Å². The lowest BCUT2D eigenvalue weighted by Crippen LogP contribution is -2.40. The molecule has 1 aliphatic heterocycles. The van der Waals surface area contributed by atoms with Crippen LogP contribution in [0.3, 0.4) is 0 Å². The SMILES string of the molecule is O=C(Nc1ccc(S(=O)(=O)N2CCOCC2)cc1)c1cc(=O)[nH]c2ccccc12. The van der Waals surface area contributed by atoms with E-state index < -0.39 is 15.9 Å². The minimum atomic E-state index is -3.60. The largest absolute Gasteiger partial charge is 0.379 e. The van der Waals surface area contributed by atoms with Gasteiger partial charge in [0.1, 0.15) is 0 Å². The average Bonchev–Trinajstić information content (AvgIpc) is 2.74. The smallest absolute Gasteiger partial charge is 0.256 e. The Kier molecular flexibility index (Phi) is 5.18. The molecule has 0 saturated carbocycles. The molecule has 1 amide bonds. The van der Waals surface area contributed by atoms with Crippen molar-refractivity contribution >= 4 is 32.5 Å². The third-order valence-electron chi connectivity index (χ3n) is 4.72. The minimum absolute atomic E-state index is 0.152. The number of hydrogen-bond donors (Lipinski definition) is 2. The molecule has 0 radical (unpaired) electrons. The molecule has 8 nitrogen and oxygen atoms in total. The zero-order chi connectivity index (χ0) is 20.4. The third-order valence-corrected chi connectivity index (χ3v) is 6.63. The maximum atomic E-state index is 12.7. The number of H-pyrrole nitrogens is 1. The molecule has 1 aliphatic rings. The monoisotopic (exact) mass is 413 g/mol. The number of carbonyl (C=O) groups excluding carboxylic acids is 1. The van der Waals surface area contributed by atoms with Crippen molar-refractivity contribution in [2.45, 2.75) is 4.90 Å². The standard InChI is InChI=1S/C20H19N3O5S/c24-19-13-17(16-3-1-2-4-18(16)22-19)20(25)21-14-5-7-15(8-6-14)29(26,27)23-9-11-28-12-10-23/h1-8,13H,9-12H2,(H,21,25)(H,22,24). The number of fused-ring (bicyclic) bond motifs is 1. The molecule has 9 heteroatoms. The third kappa shape index (κ3) is 3.93. The molecule has 0 bridgehead atoms. The molecule has 29 heavy (non-hydrogen) atoms. The van der Waals surface area contributed by atoms with Gasteiger partial charge in [-0.15, -0.1) is 0 Å². The Labute approximate surface area is 167 Å². The average molecular weight is 413 g/mol. The molecule has 2 aromatic carbocycles. The van der Waals surface area contributed by atoms with Gasteiger partial charge < -0.3 is 15.0 Å². The van der Waals surface area contributed by atoms with Gasteiger partial charge in [-0.05, 0) is 30.3 Å². The molecule has 3 aromatic rings. The van der Waals surface area contributed by atoms with Crippen LogP contribution in [0.5, 0.6) is 0 Å². The minimum Gasteiger partial charge on any atom is -0.379 e. The van der Waals surface area contributed by atoms with Crippen LogP contribution in [0.2, 0.25) is 0 Å². The highest BCUT2D eigenvalue weighted by Gasteiger charge is 2.26. The maximum Gasteiger partial charge on any atom is 0.256 e. The lowest BCUT2D eigenvalue weighted by atomic mass is 10.1. The summed E-state index contributed by atoms with van der Waals surface area (Å²) in [4.78, 5) is 27.4. The van der Waals surface area contributed by atoms with Crippen LogP contribution in [0.1, 0.15) is 10.4 Å². The van der Waals surface area contributed by atoms with Gasteiger partial charge in [0.25, 0.3) is 5.91 Å². The van der Waals surface area contributed by atoms with Gasteiger partial charge in [-0.2, -0.15) is 4.31 Å². The van der Waals surface area contributed by atoms with Crippen LogP contribution >= 0.6 is 0 Å². The first-order valence-corrected chi connectivity index (χ1v) is 10.5. The van der Waals surface area contributed by atoms with Crippen molar-refractivity contribution in [3.05, 3.63) is 70.5 Å². The van der Waals surface area contributed by atoms with E-state index in [2.05, 4.69) is 10.3 Å². The Hall–Kier alpha value is -3.01. The molecule has 2 N–H and O–H groups in total. The number of ether oxygens (including phenoxy) is 1. The summed E-state index contributed by atoms with van der Waals surface area (Å²) in [5, 5.41) is 3.34. The number of anilines is 1. The normalized spacial score (nSPS) is 15.3. The molecule has 0 unspecified atom stereocenters. The van der Waals surface area contributed by atoms with Crippen molar-refractivity contribution in [3.63, 3.8) is 0 Å². The fourth-order valence-corrected chi connectivity index (χ4v) is 4.65. The highest BCUT2D eigenvalue weighted by Crippen LogP contribution is 2.21. The van der Waals surface area contributed by atoms with Crippen LogP contribution in [0.25, 0.3) is 10.9 Å². The van der Waals surface area contributed by atoms with Crippen molar-refractivity contribution in [3.8, 4) is 0 Å². The molecule has 1 fully saturated rings. The fourth-order valence-electron chi connectivity index (χ4n) is 3.24. The van der Waals surface area contributed by atoms with Crippen LogP contribution in [-0.4, -0.2) is 49.9 Å². The van der Waals surface area contributed by atoms with E-state index >= 15 is 0 Å². The van der Waals surface area contributed by atoms with E-state index in [-0.39, 0.29) is 16.0 Å². The molecule has 0 atom stereocenters. The molecule has 1 aromatic heterocycles. The number of benzene rings is 2. The number of para-hydroxylation sites is 1. The summed E-state index contributed by atoms with van der Waals surface area (Å²) in [6.45, 7) is 1.38. The van der Waals surface area contributed by atoms with Gasteiger partial charge in [0.15, 0.2) is 0 Å². The van der Waals surface area contributed by atoms with Crippen LogP contribution in [-0.2, 0) is 14.8 Å². The number of aromatic nitrogens is 1. The van der Waals surface area contributed by atoms with Crippen LogP contribution < -0.4 is 10.9 Å². The molecule has 0 spiro atoms. The predicted octanol–water partition coefficient (Wildman–Crippen LogP) is 1.80. The summed E-state index contributed by atoms with van der Waals surface area (Å²) in [5.41, 5.74) is 0.868. The second-order valence-electron chi connectivity index (χ2n) is 6.59. The highest BCUT2D eigenvalue weighted by molar-refractivity contribution is 7.89. The summed E-state index contributed by atoms with van der Waals surface area (Å²) in [5.74, 6) is -0.448. The highest BCUT2D eigenvalue weighted by atomic mass is 32.2. The maximum absolute atomic E-state index is 12.7. The van der Waals surface area contributed by atoms with Crippen LogP contribution in [0.4, 0.5) is 5.69 Å². The number of aromatic amines is 1. The number of pyridine rings is 1. The van der Waals surface area contributed by atoms with Gasteiger partial charge in [0.05, 0.1) is 23.7 Å². The number of nitrogens with zero attached hydrogens (tertiary/aromatic N) is 1. The second kappa shape index (κ2) is 7.78. The van der Waals surface area contributed by atoms with E-state index in [1.165, 1.54) is 34.6 Å². The number of carbonyl (C=O) groups is 1. The van der Waals surface area contributed by atoms with E-state index in [1.54, 1.807) is 24.3 Å². The summed E-state index contributed by atoms with van der Waals surface area (Å²) in [7, 11) is -3.60. The number of nitrogens with one attached hydrogen (secondary N) is 2. The number of amides is 1. The Bertz CT molecular complexity index is 1210. The van der Waals surface area contributed by atoms with E-state index in [0.29, 0.717) is 42.9 Å². The van der Waals surface area contributed by atoms with Crippen LogP contribution in [0.15, 0.2) is 64.3 Å². The number of hydrogen-bond acceptors (Lipinski definition) is 5. The first-order valence-electron chi connectivity index (χ1n) is 9.06. The number of rotatable bonds is 4. The number of morpholine rings is 1. The molecule has 150 valence electrons. The molecule has 2 heterocycles. The lowest BCUT2D eigenvalue weighted by molar-refractivity contribution is 0.0730. The van der Waals surface area contributed by atoms with Gasteiger partial charge in [-0.3, -0.25) is 9.59 Å². The predicted molar refractivity (Wildman–Crippen MR) is 109 cm³/mol. The topological polar surface area (TPSA) is 109 Å². The lowest BCUT2D eigenvalue weighted by Gasteiger charge is -2.26. The van der Waals surface area contributed by atoms with Gasteiger partial charge in [-0.1, -0.05) is 18.2 Å². The zero-order valence-electron chi connectivity index (χ0n) is 15.4. The van der Waals surface area contributed by atoms with E-state index in [0.717, 1.165) is 0 Å². The van der Waals surface area contributed by atoms with Gasteiger partial charge in [0.2, 0.25) is 15.6 Å². The molecule has 0 aliphatic carbocycles. The summed E-state index contributed by atoms with van der Waals surface area (Å²) < 4.78 is 31.9. The van der Waals surface area contributed by atoms with E-state index in [9.17, 15) is 18.0 Å². The van der Waals surface area contributed by atoms with E-state index in [1.807, 2.05) is 0 Å². The quantitative estimate of drug-likeness (QED) is 0.678. The Morgan fingerprint density at radius 1 is 1.03 bits per heavy atom. The second-order valence-corrected chi connectivity index (χ2v) is 8.53. The summed E-state index contributed by atoms with van der Waals surface area (Å²) in [6.07, 6.45) is 0. The molecule has 4 rings (SSSR count). The van der Waals surface area contributed by atoms with Gasteiger partial charge >= 0.3 is 0 Å². The van der Waals surface area contributed by atoms with E-state index in [4.69, 9.17) is 4.74 Å². The van der Waals surface area contributed by atoms with Crippen molar-refractivity contribution in [1.82, 2.24) is 9.29 Å². The summed E-state index contributed by atoms with van der Waals surface area (Å²) in [6, 6.07) is 14.2. The van der Waals surface area contributed by atoms with Crippen molar-refractivity contribution in [1.29, 1.82) is 0 Å². The number of sulfonamides is 1. The van der Waals surface area contributed by atoms with Gasteiger partial charge in [0, 0.05) is 35.7 Å².